The van der Waals surface area contributed by atoms with Crippen LogP contribution in [-0.4, -0.2) is 8.42 Å². The molecule has 0 aliphatic rings. The second-order valence-corrected chi connectivity index (χ2v) is 6.96. The van der Waals surface area contributed by atoms with E-state index >= 15 is 0 Å². The summed E-state index contributed by atoms with van der Waals surface area (Å²) in [5.41, 5.74) is -0.135. The van der Waals surface area contributed by atoms with Crippen LogP contribution in [0.3, 0.4) is 0 Å². The zero-order valence-corrected chi connectivity index (χ0v) is 13.4. The standard InChI is InChI=1S/C13H7BrClFN2O2S/c14-9-1-4-13(11(15)6-9)21(19,20)18-12-3-2-10(16)5-8(12)7-17/h1-6,18H. The molecule has 2 aromatic rings. The second-order valence-electron chi connectivity index (χ2n) is 3.98. The molecule has 0 unspecified atom stereocenters. The predicted octanol–water partition coefficient (Wildman–Crippen LogP) is 3.91. The summed E-state index contributed by atoms with van der Waals surface area (Å²) in [5, 5.41) is 8.94. The minimum atomic E-state index is -3.98. The van der Waals surface area contributed by atoms with Crippen molar-refractivity contribution >= 4 is 43.2 Å². The molecule has 0 saturated carbocycles. The van der Waals surface area contributed by atoms with E-state index in [1.165, 1.54) is 24.3 Å². The first-order valence-corrected chi connectivity index (χ1v) is 8.16. The summed E-state index contributed by atoms with van der Waals surface area (Å²) in [6.07, 6.45) is 0. The lowest BCUT2D eigenvalue weighted by molar-refractivity contribution is 0.601. The number of anilines is 1. The molecule has 0 fully saturated rings. The Morgan fingerprint density at radius 3 is 2.57 bits per heavy atom. The van der Waals surface area contributed by atoms with Crippen molar-refractivity contribution in [1.82, 2.24) is 0 Å². The van der Waals surface area contributed by atoms with Crippen molar-refractivity contribution in [3.05, 3.63) is 57.3 Å². The fourth-order valence-corrected chi connectivity index (χ4v) is 3.71. The first-order valence-electron chi connectivity index (χ1n) is 5.51. The summed E-state index contributed by atoms with van der Waals surface area (Å²) < 4.78 is 40.4. The summed E-state index contributed by atoms with van der Waals surface area (Å²) in [7, 11) is -3.98. The molecule has 0 saturated heterocycles. The van der Waals surface area contributed by atoms with Gasteiger partial charge in [-0.15, -0.1) is 0 Å². The van der Waals surface area contributed by atoms with E-state index in [0.717, 1.165) is 12.1 Å². The summed E-state index contributed by atoms with van der Waals surface area (Å²) in [5.74, 6) is -0.629. The Balaban J connectivity index is 2.45. The van der Waals surface area contributed by atoms with E-state index < -0.39 is 15.8 Å². The molecule has 4 nitrogen and oxygen atoms in total. The Labute approximate surface area is 134 Å². The van der Waals surface area contributed by atoms with Gasteiger partial charge in [0, 0.05) is 4.47 Å². The van der Waals surface area contributed by atoms with Gasteiger partial charge in [-0.2, -0.15) is 5.26 Å². The third-order valence-corrected chi connectivity index (χ3v) is 4.87. The first kappa shape index (κ1) is 15.8. The van der Waals surface area contributed by atoms with E-state index in [4.69, 9.17) is 16.9 Å². The second kappa shape index (κ2) is 6.02. The van der Waals surface area contributed by atoms with Gasteiger partial charge in [-0.25, -0.2) is 12.8 Å². The van der Waals surface area contributed by atoms with Crippen LogP contribution in [0.25, 0.3) is 0 Å². The van der Waals surface area contributed by atoms with Crippen LogP contribution < -0.4 is 4.72 Å². The smallest absolute Gasteiger partial charge is 0.263 e. The highest BCUT2D eigenvalue weighted by molar-refractivity contribution is 9.10. The van der Waals surface area contributed by atoms with Gasteiger partial charge in [-0.1, -0.05) is 27.5 Å². The average molecular weight is 390 g/mol. The van der Waals surface area contributed by atoms with Crippen molar-refractivity contribution < 1.29 is 12.8 Å². The van der Waals surface area contributed by atoms with Crippen LogP contribution in [0.4, 0.5) is 10.1 Å². The molecule has 0 atom stereocenters. The van der Waals surface area contributed by atoms with Gasteiger partial charge in [-0.3, -0.25) is 4.72 Å². The lowest BCUT2D eigenvalue weighted by atomic mass is 10.2. The van der Waals surface area contributed by atoms with E-state index in [2.05, 4.69) is 20.7 Å². The van der Waals surface area contributed by atoms with E-state index in [1.54, 1.807) is 6.07 Å². The molecular weight excluding hydrogens is 383 g/mol. The molecule has 0 radical (unpaired) electrons. The summed E-state index contributed by atoms with van der Waals surface area (Å²) in [6, 6.07) is 9.19. The third kappa shape index (κ3) is 3.53. The zero-order chi connectivity index (χ0) is 15.6. The molecule has 0 spiro atoms. The Bertz CT molecular complexity index is 850. The van der Waals surface area contributed by atoms with Crippen LogP contribution in [0.1, 0.15) is 5.56 Å². The molecule has 8 heteroatoms. The molecule has 2 rings (SSSR count). The number of nitrogens with one attached hydrogen (secondary N) is 1. The van der Waals surface area contributed by atoms with Crippen LogP contribution in [0.2, 0.25) is 5.02 Å². The minimum Gasteiger partial charge on any atom is -0.278 e. The molecule has 0 amide bonds. The van der Waals surface area contributed by atoms with Crippen LogP contribution >= 0.6 is 27.5 Å². The van der Waals surface area contributed by atoms with Crippen molar-refractivity contribution in [2.24, 2.45) is 0 Å². The average Bonchev–Trinajstić information content (AvgIpc) is 2.40. The lowest BCUT2D eigenvalue weighted by Gasteiger charge is -2.11. The predicted molar refractivity (Wildman–Crippen MR) is 81.1 cm³/mol. The Morgan fingerprint density at radius 1 is 1.24 bits per heavy atom. The molecule has 1 N–H and O–H groups in total. The topological polar surface area (TPSA) is 70.0 Å². The number of hydrogen-bond donors (Lipinski definition) is 1. The molecule has 2 aromatic carbocycles. The molecule has 0 bridgehead atoms. The van der Waals surface area contributed by atoms with Crippen molar-refractivity contribution in [2.75, 3.05) is 4.72 Å². The SMILES string of the molecule is N#Cc1cc(F)ccc1NS(=O)(=O)c1ccc(Br)cc1Cl. The molecule has 0 heterocycles. The summed E-state index contributed by atoms with van der Waals surface area (Å²) in [6.45, 7) is 0. The fourth-order valence-electron chi connectivity index (χ4n) is 1.59. The molecule has 108 valence electrons. The highest BCUT2D eigenvalue weighted by Crippen LogP contribution is 2.28. The largest absolute Gasteiger partial charge is 0.278 e. The third-order valence-electron chi connectivity index (χ3n) is 2.53. The van der Waals surface area contributed by atoms with Crippen LogP contribution in [0, 0.1) is 17.1 Å². The van der Waals surface area contributed by atoms with Crippen molar-refractivity contribution in [3.8, 4) is 6.07 Å². The number of halogens is 3. The number of nitriles is 1. The molecule has 21 heavy (non-hydrogen) atoms. The summed E-state index contributed by atoms with van der Waals surface area (Å²) in [4.78, 5) is -0.138. The molecular formula is C13H7BrClFN2O2S. The van der Waals surface area contributed by atoms with Crippen LogP contribution in [-0.2, 0) is 10.0 Å². The van der Waals surface area contributed by atoms with Gasteiger partial charge in [0.2, 0.25) is 0 Å². The number of hydrogen-bond acceptors (Lipinski definition) is 3. The maximum Gasteiger partial charge on any atom is 0.263 e. The van der Waals surface area contributed by atoms with Crippen molar-refractivity contribution in [1.29, 1.82) is 5.26 Å². The van der Waals surface area contributed by atoms with E-state index in [9.17, 15) is 12.8 Å². The summed E-state index contributed by atoms with van der Waals surface area (Å²) >= 11 is 9.08. The Morgan fingerprint density at radius 2 is 1.95 bits per heavy atom. The normalized spacial score (nSPS) is 11.0. The van der Waals surface area contributed by atoms with Crippen molar-refractivity contribution in [2.45, 2.75) is 4.90 Å². The Hall–Kier alpha value is -1.62. The number of rotatable bonds is 3. The number of sulfonamides is 1. The quantitative estimate of drug-likeness (QED) is 0.865. The highest BCUT2D eigenvalue weighted by atomic mass is 79.9. The lowest BCUT2D eigenvalue weighted by Crippen LogP contribution is -2.14. The van der Waals surface area contributed by atoms with E-state index in [0.29, 0.717) is 4.47 Å². The number of nitrogens with zero attached hydrogens (tertiary/aromatic N) is 1. The van der Waals surface area contributed by atoms with Gasteiger partial charge < -0.3 is 0 Å². The van der Waals surface area contributed by atoms with Crippen LogP contribution in [0.5, 0.6) is 0 Å². The van der Waals surface area contributed by atoms with Gasteiger partial charge in [0.05, 0.1) is 16.3 Å². The molecule has 0 aliphatic heterocycles. The van der Waals surface area contributed by atoms with E-state index in [-0.39, 0.29) is 21.2 Å². The van der Waals surface area contributed by atoms with Crippen LogP contribution in [0.15, 0.2) is 45.8 Å². The maximum absolute atomic E-state index is 13.0. The van der Waals surface area contributed by atoms with Gasteiger partial charge >= 0.3 is 0 Å². The van der Waals surface area contributed by atoms with Gasteiger partial charge in [-0.05, 0) is 36.4 Å². The van der Waals surface area contributed by atoms with Gasteiger partial charge in [0.1, 0.15) is 16.8 Å². The fraction of sp³-hybridized carbons (Fsp3) is 0. The Kier molecular flexibility index (Phi) is 4.52. The molecule has 0 aliphatic carbocycles. The number of benzene rings is 2. The minimum absolute atomic E-state index is 0.0158. The highest BCUT2D eigenvalue weighted by Gasteiger charge is 2.19. The molecule has 0 aromatic heterocycles. The maximum atomic E-state index is 13.0. The van der Waals surface area contributed by atoms with Crippen molar-refractivity contribution in [3.63, 3.8) is 0 Å². The first-order chi connectivity index (χ1) is 9.83. The van der Waals surface area contributed by atoms with Gasteiger partial charge in [0.25, 0.3) is 10.0 Å². The zero-order valence-electron chi connectivity index (χ0n) is 10.3. The monoisotopic (exact) mass is 388 g/mol. The van der Waals surface area contributed by atoms with Gasteiger partial charge in [0.15, 0.2) is 0 Å². The van der Waals surface area contributed by atoms with E-state index in [1.807, 2.05) is 0 Å².